The van der Waals surface area contributed by atoms with E-state index in [1.54, 1.807) is 0 Å². The van der Waals surface area contributed by atoms with E-state index in [0.717, 1.165) is 7.11 Å². The molecule has 0 fully saturated rings. The normalized spacial score (nSPS) is 14.4. The molecule has 0 bridgehead atoms. The van der Waals surface area contributed by atoms with Crippen LogP contribution >= 0.6 is 19.2 Å². The van der Waals surface area contributed by atoms with Crippen molar-refractivity contribution in [3.8, 4) is 5.75 Å². The average molecular weight is 326 g/mol. The van der Waals surface area contributed by atoms with Crippen LogP contribution < -0.4 is 10.1 Å². The number of carbonyl (C=O) groups excluding carboxylic acids is 1. The van der Waals surface area contributed by atoms with Gasteiger partial charge in [0, 0.05) is 5.02 Å². The molecular weight excluding hydrogens is 313 g/mol. The quantitative estimate of drug-likeness (QED) is 0.333. The summed E-state index contributed by atoms with van der Waals surface area (Å²) in [5.74, 6) is -0.938. The minimum absolute atomic E-state index is 0.0966. The van der Waals surface area contributed by atoms with Gasteiger partial charge >= 0.3 is 19.2 Å². The molecule has 0 aliphatic carbocycles. The Morgan fingerprint density at radius 3 is 2.65 bits per heavy atom. The predicted octanol–water partition coefficient (Wildman–Crippen LogP) is 0.263. The second-order valence-corrected chi connectivity index (χ2v) is 5.77. The van der Waals surface area contributed by atoms with Crippen LogP contribution in [0.2, 0.25) is 5.02 Å². The van der Waals surface area contributed by atoms with E-state index in [1.807, 2.05) is 5.32 Å². The van der Waals surface area contributed by atoms with Gasteiger partial charge in [-0.3, -0.25) is 9.36 Å². The fraction of sp³-hybridized carbons (Fsp3) is 0.300. The van der Waals surface area contributed by atoms with E-state index in [9.17, 15) is 14.5 Å². The smallest absolute Gasteiger partial charge is 0.414 e. The summed E-state index contributed by atoms with van der Waals surface area (Å²) in [5, 5.41) is 12.0. The van der Waals surface area contributed by atoms with Crippen LogP contribution in [0, 0.1) is 0 Å². The number of rotatable bonds is 6. The standard InChI is InChI=1S/C10H13ClNO7P/c1-18-9(13)6-12-10(14,20(15,16)17)19-8-4-2-3-7(11)5-8/h2-5,12,14H,6H2,1H3,(H2,15,16,17). The lowest BCUT2D eigenvalue weighted by atomic mass is 10.3. The van der Waals surface area contributed by atoms with Gasteiger partial charge in [-0.15, -0.1) is 0 Å². The summed E-state index contributed by atoms with van der Waals surface area (Å²) in [6.45, 7) is -0.668. The van der Waals surface area contributed by atoms with E-state index < -0.39 is 25.8 Å². The number of hydrogen-bond donors (Lipinski definition) is 4. The van der Waals surface area contributed by atoms with Gasteiger partial charge in [-0.2, -0.15) is 0 Å². The molecule has 1 unspecified atom stereocenters. The van der Waals surface area contributed by atoms with Crippen molar-refractivity contribution < 1.29 is 33.7 Å². The SMILES string of the molecule is COC(=O)CNC(O)(Oc1cccc(Cl)c1)P(=O)(O)O. The first-order valence-corrected chi connectivity index (χ1v) is 7.21. The summed E-state index contributed by atoms with van der Waals surface area (Å²) < 4.78 is 20.4. The first-order valence-electron chi connectivity index (χ1n) is 5.22. The molecule has 0 aliphatic rings. The van der Waals surface area contributed by atoms with E-state index in [-0.39, 0.29) is 10.8 Å². The van der Waals surface area contributed by atoms with Crippen molar-refractivity contribution in [2.45, 2.75) is 5.65 Å². The number of esters is 1. The molecule has 1 aromatic carbocycles. The van der Waals surface area contributed by atoms with Crippen molar-refractivity contribution in [2.75, 3.05) is 13.7 Å². The molecule has 0 saturated carbocycles. The van der Waals surface area contributed by atoms with Gasteiger partial charge in [0.2, 0.25) is 0 Å². The molecule has 0 amide bonds. The fourth-order valence-electron chi connectivity index (χ4n) is 1.15. The number of benzene rings is 1. The molecule has 8 nitrogen and oxygen atoms in total. The van der Waals surface area contributed by atoms with Gasteiger partial charge in [0.15, 0.2) is 0 Å². The Morgan fingerprint density at radius 2 is 2.15 bits per heavy atom. The van der Waals surface area contributed by atoms with Gasteiger partial charge in [-0.05, 0) is 18.2 Å². The summed E-state index contributed by atoms with van der Waals surface area (Å²) in [4.78, 5) is 29.2. The van der Waals surface area contributed by atoms with E-state index >= 15 is 0 Å². The number of aliphatic hydroxyl groups is 1. The van der Waals surface area contributed by atoms with Gasteiger partial charge < -0.3 is 24.4 Å². The predicted molar refractivity (Wildman–Crippen MR) is 69.1 cm³/mol. The second-order valence-electron chi connectivity index (χ2n) is 3.64. The molecule has 0 heterocycles. The van der Waals surface area contributed by atoms with Crippen molar-refractivity contribution in [2.24, 2.45) is 0 Å². The number of nitrogens with one attached hydrogen (secondary N) is 1. The van der Waals surface area contributed by atoms with Crippen molar-refractivity contribution in [1.29, 1.82) is 0 Å². The lowest BCUT2D eigenvalue weighted by Gasteiger charge is -2.29. The molecule has 0 aromatic heterocycles. The maximum atomic E-state index is 11.3. The topological polar surface area (TPSA) is 125 Å². The molecule has 1 rings (SSSR count). The number of ether oxygens (including phenoxy) is 2. The van der Waals surface area contributed by atoms with Crippen molar-refractivity contribution in [1.82, 2.24) is 5.32 Å². The molecule has 10 heteroatoms. The zero-order valence-electron chi connectivity index (χ0n) is 10.3. The minimum atomic E-state index is -5.16. The van der Waals surface area contributed by atoms with Crippen LogP contribution in [0.15, 0.2) is 24.3 Å². The molecule has 1 aromatic rings. The first-order chi connectivity index (χ1) is 9.18. The second kappa shape index (κ2) is 6.53. The number of carbonyl (C=O) groups is 1. The zero-order chi connectivity index (χ0) is 15.4. The molecular formula is C10H13ClNO7P. The average Bonchev–Trinajstić information content (AvgIpc) is 2.34. The number of halogens is 1. The zero-order valence-corrected chi connectivity index (χ0v) is 12.0. The molecule has 0 aliphatic heterocycles. The summed E-state index contributed by atoms with van der Waals surface area (Å²) in [5.41, 5.74) is -3.08. The minimum Gasteiger partial charge on any atom is -0.468 e. The Balaban J connectivity index is 2.95. The molecule has 20 heavy (non-hydrogen) atoms. The third-order valence-corrected chi connectivity index (χ3v) is 3.42. The molecule has 0 saturated heterocycles. The summed E-state index contributed by atoms with van der Waals surface area (Å²) >= 11 is 5.69. The highest BCUT2D eigenvalue weighted by Crippen LogP contribution is 2.47. The fourth-order valence-corrected chi connectivity index (χ4v) is 1.84. The van der Waals surface area contributed by atoms with Gasteiger partial charge in [-0.1, -0.05) is 17.7 Å². The Labute approximate surface area is 119 Å². The van der Waals surface area contributed by atoms with Gasteiger partial charge in [0.25, 0.3) is 0 Å². The van der Waals surface area contributed by atoms with Crippen molar-refractivity contribution in [3.63, 3.8) is 0 Å². The lowest BCUT2D eigenvalue weighted by Crippen LogP contribution is -2.51. The Morgan fingerprint density at radius 1 is 1.50 bits per heavy atom. The number of hydrogen-bond acceptors (Lipinski definition) is 6. The Bertz CT molecular complexity index is 534. The summed E-state index contributed by atoms with van der Waals surface area (Å²) in [7, 11) is -4.08. The van der Waals surface area contributed by atoms with Gasteiger partial charge in [0.1, 0.15) is 12.3 Å². The molecule has 0 spiro atoms. The molecule has 4 N–H and O–H groups in total. The van der Waals surface area contributed by atoms with E-state index in [0.29, 0.717) is 0 Å². The third kappa shape index (κ3) is 4.45. The van der Waals surface area contributed by atoms with Gasteiger partial charge in [0.05, 0.1) is 7.11 Å². The summed E-state index contributed by atoms with van der Waals surface area (Å²) in [6, 6.07) is 5.53. The monoisotopic (exact) mass is 325 g/mol. The van der Waals surface area contributed by atoms with Crippen LogP contribution in [0.1, 0.15) is 0 Å². The molecule has 0 radical (unpaired) electrons. The van der Waals surface area contributed by atoms with E-state index in [4.69, 9.17) is 26.1 Å². The Kier molecular flexibility index (Phi) is 5.52. The highest BCUT2D eigenvalue weighted by molar-refractivity contribution is 7.53. The van der Waals surface area contributed by atoms with Crippen LogP contribution in [-0.2, 0) is 14.1 Å². The number of methoxy groups -OCH3 is 1. The highest BCUT2D eigenvalue weighted by Gasteiger charge is 2.49. The Hall–Kier alpha value is -1.15. The third-order valence-electron chi connectivity index (χ3n) is 2.14. The van der Waals surface area contributed by atoms with Crippen molar-refractivity contribution >= 4 is 25.2 Å². The van der Waals surface area contributed by atoms with E-state index in [1.165, 1.54) is 24.3 Å². The maximum absolute atomic E-state index is 11.3. The van der Waals surface area contributed by atoms with E-state index in [2.05, 4.69) is 4.74 Å². The van der Waals surface area contributed by atoms with Crippen LogP contribution in [0.25, 0.3) is 0 Å². The van der Waals surface area contributed by atoms with Crippen LogP contribution in [0.3, 0.4) is 0 Å². The first kappa shape index (κ1) is 16.9. The maximum Gasteiger partial charge on any atom is 0.414 e. The van der Waals surface area contributed by atoms with Crippen molar-refractivity contribution in [3.05, 3.63) is 29.3 Å². The van der Waals surface area contributed by atoms with Crippen LogP contribution in [0.4, 0.5) is 0 Å². The lowest BCUT2D eigenvalue weighted by molar-refractivity contribution is -0.146. The highest BCUT2D eigenvalue weighted by atomic mass is 35.5. The van der Waals surface area contributed by atoms with Crippen LogP contribution in [0.5, 0.6) is 5.75 Å². The summed E-state index contributed by atoms with van der Waals surface area (Å²) in [6.07, 6.45) is 0. The molecule has 1 atom stereocenters. The molecule has 112 valence electrons. The largest absolute Gasteiger partial charge is 0.468 e. The van der Waals surface area contributed by atoms with Gasteiger partial charge in [-0.25, -0.2) is 5.32 Å². The van der Waals surface area contributed by atoms with Crippen LogP contribution in [-0.4, -0.2) is 40.2 Å².